The van der Waals surface area contributed by atoms with E-state index in [9.17, 15) is 4.39 Å². The highest BCUT2D eigenvalue weighted by Gasteiger charge is 2.17. The summed E-state index contributed by atoms with van der Waals surface area (Å²) in [5.41, 5.74) is 1.15. The lowest BCUT2D eigenvalue weighted by atomic mass is 9.95. The Bertz CT molecular complexity index is 356. The van der Waals surface area contributed by atoms with Crippen LogP contribution in [0.4, 0.5) is 4.39 Å². The normalized spacial score (nSPS) is 14.5. The molecule has 0 radical (unpaired) electrons. The fourth-order valence-electron chi connectivity index (χ4n) is 2.10. The molecule has 0 saturated carbocycles. The summed E-state index contributed by atoms with van der Waals surface area (Å²) in [5.74, 6) is 0.294. The summed E-state index contributed by atoms with van der Waals surface area (Å²) < 4.78 is 12.9. The summed E-state index contributed by atoms with van der Waals surface area (Å²) in [6, 6.07) is 7.49. The van der Waals surface area contributed by atoms with E-state index in [2.05, 4.69) is 32.7 Å². The highest BCUT2D eigenvalue weighted by Crippen LogP contribution is 2.23. The summed E-state index contributed by atoms with van der Waals surface area (Å²) >= 11 is 0. The van der Waals surface area contributed by atoms with Crippen molar-refractivity contribution in [3.63, 3.8) is 0 Å². The molecular weight excluding hydrogens is 225 g/mol. The molecule has 1 aromatic rings. The molecule has 2 unspecified atom stereocenters. The van der Waals surface area contributed by atoms with Crippen molar-refractivity contribution >= 4 is 0 Å². The Balaban J connectivity index is 2.70. The van der Waals surface area contributed by atoms with E-state index in [1.54, 1.807) is 0 Å². The fraction of sp³-hybridized carbons (Fsp3) is 0.500. The first kappa shape index (κ1) is 14.9. The van der Waals surface area contributed by atoms with Crippen molar-refractivity contribution in [3.05, 3.63) is 48.3 Å². The maximum atomic E-state index is 12.9. The van der Waals surface area contributed by atoms with Gasteiger partial charge in [-0.3, -0.25) is 0 Å². The van der Waals surface area contributed by atoms with Crippen LogP contribution in [0.2, 0.25) is 0 Å². The second-order valence-electron chi connectivity index (χ2n) is 5.21. The van der Waals surface area contributed by atoms with Gasteiger partial charge in [0.1, 0.15) is 5.82 Å². The van der Waals surface area contributed by atoms with Crippen LogP contribution >= 0.6 is 0 Å². The van der Waals surface area contributed by atoms with Crippen molar-refractivity contribution in [1.29, 1.82) is 0 Å². The summed E-state index contributed by atoms with van der Waals surface area (Å²) in [6.07, 6.45) is 4.04. The number of benzene rings is 1. The highest BCUT2D eigenvalue weighted by molar-refractivity contribution is 5.20. The Morgan fingerprint density at radius 3 is 2.33 bits per heavy atom. The minimum absolute atomic E-state index is 0.180. The van der Waals surface area contributed by atoms with Crippen LogP contribution in [-0.4, -0.2) is 6.04 Å². The van der Waals surface area contributed by atoms with Crippen LogP contribution in [0.1, 0.15) is 45.2 Å². The molecule has 1 nitrogen and oxygen atoms in total. The van der Waals surface area contributed by atoms with E-state index in [0.717, 1.165) is 18.4 Å². The second-order valence-corrected chi connectivity index (χ2v) is 5.21. The van der Waals surface area contributed by atoms with Crippen LogP contribution in [-0.2, 0) is 0 Å². The fourth-order valence-corrected chi connectivity index (χ4v) is 2.10. The Hall–Kier alpha value is -1.15. The van der Waals surface area contributed by atoms with Gasteiger partial charge in [0.25, 0.3) is 0 Å². The zero-order valence-corrected chi connectivity index (χ0v) is 11.6. The first-order chi connectivity index (χ1) is 8.54. The van der Waals surface area contributed by atoms with Crippen LogP contribution in [0.3, 0.4) is 0 Å². The smallest absolute Gasteiger partial charge is 0.123 e. The zero-order valence-electron chi connectivity index (χ0n) is 11.6. The molecule has 100 valence electrons. The van der Waals surface area contributed by atoms with E-state index in [4.69, 9.17) is 0 Å². The van der Waals surface area contributed by atoms with E-state index >= 15 is 0 Å². The Morgan fingerprint density at radius 2 is 1.83 bits per heavy atom. The van der Waals surface area contributed by atoms with E-state index in [1.165, 1.54) is 12.1 Å². The molecule has 0 aliphatic heterocycles. The van der Waals surface area contributed by atoms with Crippen LogP contribution in [0.5, 0.6) is 0 Å². The topological polar surface area (TPSA) is 12.0 Å². The third-order valence-corrected chi connectivity index (χ3v) is 3.16. The molecule has 2 atom stereocenters. The second kappa shape index (κ2) is 7.32. The Morgan fingerprint density at radius 1 is 1.22 bits per heavy atom. The van der Waals surface area contributed by atoms with Gasteiger partial charge in [0.2, 0.25) is 0 Å². The maximum Gasteiger partial charge on any atom is 0.123 e. The number of allylic oxidation sites excluding steroid dienone is 1. The average Bonchev–Trinajstić information content (AvgIpc) is 2.34. The molecule has 18 heavy (non-hydrogen) atoms. The van der Waals surface area contributed by atoms with E-state index in [1.807, 2.05) is 18.2 Å². The van der Waals surface area contributed by atoms with Gasteiger partial charge in [0.05, 0.1) is 0 Å². The number of hydrogen-bond donors (Lipinski definition) is 1. The molecule has 0 saturated heterocycles. The van der Waals surface area contributed by atoms with Crippen molar-refractivity contribution in [2.75, 3.05) is 0 Å². The van der Waals surface area contributed by atoms with Crippen LogP contribution in [0, 0.1) is 11.7 Å². The van der Waals surface area contributed by atoms with Crippen molar-refractivity contribution in [1.82, 2.24) is 5.32 Å². The summed E-state index contributed by atoms with van der Waals surface area (Å²) in [6.45, 7) is 10.3. The van der Waals surface area contributed by atoms with Gasteiger partial charge in [-0.2, -0.15) is 0 Å². The lowest BCUT2D eigenvalue weighted by Crippen LogP contribution is -2.33. The van der Waals surface area contributed by atoms with Gasteiger partial charge in [-0.1, -0.05) is 32.1 Å². The SMILES string of the molecule is C=CCCC(C)NC(c1ccc(F)cc1)C(C)C. The lowest BCUT2D eigenvalue weighted by Gasteiger charge is -2.27. The molecular formula is C16H24FN. The molecule has 0 fully saturated rings. The number of hydrogen-bond acceptors (Lipinski definition) is 1. The maximum absolute atomic E-state index is 12.9. The monoisotopic (exact) mass is 249 g/mol. The number of rotatable bonds is 7. The minimum Gasteiger partial charge on any atom is -0.307 e. The number of nitrogens with one attached hydrogen (secondary N) is 1. The van der Waals surface area contributed by atoms with Crippen LogP contribution < -0.4 is 5.32 Å². The number of halogens is 1. The quantitative estimate of drug-likeness (QED) is 0.703. The van der Waals surface area contributed by atoms with Gasteiger partial charge < -0.3 is 5.32 Å². The largest absolute Gasteiger partial charge is 0.307 e. The van der Waals surface area contributed by atoms with Gasteiger partial charge in [-0.15, -0.1) is 6.58 Å². The molecule has 0 spiro atoms. The molecule has 1 N–H and O–H groups in total. The van der Waals surface area contributed by atoms with Crippen molar-refractivity contribution in [3.8, 4) is 0 Å². The third kappa shape index (κ3) is 4.61. The minimum atomic E-state index is -0.180. The first-order valence-corrected chi connectivity index (χ1v) is 6.67. The molecule has 1 aromatic carbocycles. The predicted molar refractivity (Wildman–Crippen MR) is 76.0 cm³/mol. The van der Waals surface area contributed by atoms with Crippen molar-refractivity contribution in [2.24, 2.45) is 5.92 Å². The van der Waals surface area contributed by atoms with Crippen LogP contribution in [0.15, 0.2) is 36.9 Å². The molecule has 0 aromatic heterocycles. The summed E-state index contributed by atoms with van der Waals surface area (Å²) in [5, 5.41) is 3.62. The molecule has 2 heteroatoms. The Labute approximate surface area is 110 Å². The molecule has 0 bridgehead atoms. The van der Waals surface area contributed by atoms with Gasteiger partial charge in [-0.25, -0.2) is 4.39 Å². The first-order valence-electron chi connectivity index (χ1n) is 6.67. The molecule has 0 heterocycles. The lowest BCUT2D eigenvalue weighted by molar-refractivity contribution is 0.360. The van der Waals surface area contributed by atoms with Crippen molar-refractivity contribution < 1.29 is 4.39 Å². The van der Waals surface area contributed by atoms with E-state index < -0.39 is 0 Å². The summed E-state index contributed by atoms with van der Waals surface area (Å²) in [7, 11) is 0. The average molecular weight is 249 g/mol. The van der Waals surface area contributed by atoms with Gasteiger partial charge in [0, 0.05) is 12.1 Å². The van der Waals surface area contributed by atoms with Gasteiger partial charge in [0.15, 0.2) is 0 Å². The molecule has 1 rings (SSSR count). The summed E-state index contributed by atoms with van der Waals surface area (Å²) in [4.78, 5) is 0. The van der Waals surface area contributed by atoms with E-state index in [0.29, 0.717) is 12.0 Å². The van der Waals surface area contributed by atoms with Crippen LogP contribution in [0.25, 0.3) is 0 Å². The molecule has 0 aliphatic rings. The molecule has 0 amide bonds. The van der Waals surface area contributed by atoms with Gasteiger partial charge >= 0.3 is 0 Å². The Kier molecular flexibility index (Phi) is 6.06. The van der Waals surface area contributed by atoms with E-state index in [-0.39, 0.29) is 11.9 Å². The van der Waals surface area contributed by atoms with Gasteiger partial charge in [-0.05, 0) is 43.4 Å². The molecule has 0 aliphatic carbocycles. The highest BCUT2D eigenvalue weighted by atomic mass is 19.1. The standard InChI is InChI=1S/C16H24FN/c1-5-6-7-13(4)18-16(12(2)3)14-8-10-15(17)11-9-14/h5,8-13,16,18H,1,6-7H2,2-4H3. The zero-order chi connectivity index (χ0) is 13.5. The van der Waals surface area contributed by atoms with Crippen molar-refractivity contribution in [2.45, 2.75) is 45.7 Å². The predicted octanol–water partition coefficient (Wildman–Crippen LogP) is 4.47. The third-order valence-electron chi connectivity index (χ3n) is 3.16.